The summed E-state index contributed by atoms with van der Waals surface area (Å²) in [7, 11) is 0. The molecule has 0 amide bonds. The fraction of sp³-hybridized carbons (Fsp3) is 1.00. The Morgan fingerprint density at radius 2 is 1.20 bits per heavy atom. The van der Waals surface area contributed by atoms with Gasteiger partial charge in [0.2, 0.25) is 0 Å². The normalized spacial score (nSPS) is 6.00. The average Bonchev–Trinajstić information content (AvgIpc) is 1.37. The molecular formula is C4H10Na. The first-order valence-electron chi connectivity index (χ1n) is 1.91. The predicted molar refractivity (Wildman–Crippen MR) is 26.3 cm³/mol. The summed E-state index contributed by atoms with van der Waals surface area (Å²) < 4.78 is 0. The molecule has 0 unspecified atom stereocenters. The van der Waals surface area contributed by atoms with Crippen molar-refractivity contribution in [2.75, 3.05) is 0 Å². The zero-order valence-electron chi connectivity index (χ0n) is 4.41. The van der Waals surface area contributed by atoms with Gasteiger partial charge in [-0.05, 0) is 0 Å². The Morgan fingerprint density at radius 1 is 1.00 bits per heavy atom. The molecular weight excluding hydrogens is 71.0 g/mol. The van der Waals surface area contributed by atoms with Crippen molar-refractivity contribution in [1.29, 1.82) is 0 Å². The summed E-state index contributed by atoms with van der Waals surface area (Å²) in [5, 5.41) is 0. The predicted octanol–water partition coefficient (Wildman–Crippen LogP) is 1.43. The van der Waals surface area contributed by atoms with Crippen LogP contribution in [-0.4, -0.2) is 29.6 Å². The van der Waals surface area contributed by atoms with Crippen LogP contribution in [0.1, 0.15) is 26.7 Å². The van der Waals surface area contributed by atoms with Crippen LogP contribution in [0.5, 0.6) is 0 Å². The molecule has 0 N–H and O–H groups in total. The van der Waals surface area contributed by atoms with Crippen LogP contribution in [0.15, 0.2) is 0 Å². The first kappa shape index (κ1) is 9.38. The quantitative estimate of drug-likeness (QED) is 0.419. The van der Waals surface area contributed by atoms with Crippen LogP contribution < -0.4 is 0 Å². The van der Waals surface area contributed by atoms with Gasteiger partial charge in [-0.3, -0.25) is 0 Å². The number of hydrogen-bond acceptors (Lipinski definition) is 0. The molecule has 0 rings (SSSR count). The summed E-state index contributed by atoms with van der Waals surface area (Å²) in [6.45, 7) is 4.36. The Bertz CT molecular complexity index is 5.61. The largest absolute Gasteiger partial charge is 0.0654 e. The van der Waals surface area contributed by atoms with E-state index in [0.717, 1.165) is 0 Å². The van der Waals surface area contributed by atoms with Gasteiger partial charge in [-0.2, -0.15) is 0 Å². The molecule has 0 atom stereocenters. The molecule has 0 saturated carbocycles. The van der Waals surface area contributed by atoms with Gasteiger partial charge in [-0.1, -0.05) is 26.7 Å². The fourth-order valence-electron chi connectivity index (χ4n) is 0. The molecule has 0 aromatic heterocycles. The maximum Gasteiger partial charge on any atom is 0 e. The molecule has 0 aromatic carbocycles. The van der Waals surface area contributed by atoms with Gasteiger partial charge in [-0.15, -0.1) is 0 Å². The Morgan fingerprint density at radius 3 is 1.20 bits per heavy atom. The monoisotopic (exact) mass is 81.1 g/mol. The van der Waals surface area contributed by atoms with E-state index in [4.69, 9.17) is 0 Å². The van der Waals surface area contributed by atoms with Gasteiger partial charge >= 0.3 is 0 Å². The second-order valence-corrected chi connectivity index (χ2v) is 1.000. The Balaban J connectivity index is 0. The maximum atomic E-state index is 2.18. The van der Waals surface area contributed by atoms with E-state index < -0.39 is 0 Å². The first-order chi connectivity index (χ1) is 1.91. The smallest absolute Gasteiger partial charge is 0 e. The molecule has 1 heteroatoms. The Kier molecular flexibility index (Phi) is 16.7. The summed E-state index contributed by atoms with van der Waals surface area (Å²) in [5.41, 5.74) is 0. The second kappa shape index (κ2) is 8.89. The molecule has 0 aromatic rings. The van der Waals surface area contributed by atoms with Crippen LogP contribution >= 0.6 is 0 Å². The van der Waals surface area contributed by atoms with E-state index in [9.17, 15) is 0 Å². The minimum absolute atomic E-state index is 0. The van der Waals surface area contributed by atoms with Gasteiger partial charge in [0.25, 0.3) is 0 Å². The Hall–Kier alpha value is 1.00. The van der Waals surface area contributed by atoms with Gasteiger partial charge in [0.15, 0.2) is 0 Å². The molecule has 0 spiro atoms. The first-order valence-corrected chi connectivity index (χ1v) is 1.91. The van der Waals surface area contributed by atoms with Crippen molar-refractivity contribution in [3.05, 3.63) is 0 Å². The summed E-state index contributed by atoms with van der Waals surface area (Å²) in [6, 6.07) is 0. The van der Waals surface area contributed by atoms with Crippen LogP contribution in [0, 0.1) is 0 Å². The summed E-state index contributed by atoms with van der Waals surface area (Å²) in [6.07, 6.45) is 2.64. The molecule has 0 heterocycles. The van der Waals surface area contributed by atoms with Crippen LogP contribution in [0.2, 0.25) is 0 Å². The van der Waals surface area contributed by atoms with Crippen molar-refractivity contribution in [3.8, 4) is 0 Å². The van der Waals surface area contributed by atoms with E-state index in [1.807, 2.05) is 0 Å². The topological polar surface area (TPSA) is 0 Å². The van der Waals surface area contributed by atoms with Crippen molar-refractivity contribution < 1.29 is 0 Å². The summed E-state index contributed by atoms with van der Waals surface area (Å²) in [5.74, 6) is 0. The van der Waals surface area contributed by atoms with Gasteiger partial charge in [-0.25, -0.2) is 0 Å². The molecule has 0 nitrogen and oxygen atoms in total. The molecule has 1 radical (unpaired) electrons. The molecule has 0 bridgehead atoms. The van der Waals surface area contributed by atoms with Crippen molar-refractivity contribution in [2.45, 2.75) is 26.7 Å². The van der Waals surface area contributed by atoms with Gasteiger partial charge in [0.05, 0.1) is 0 Å². The number of rotatable bonds is 1. The van der Waals surface area contributed by atoms with Crippen molar-refractivity contribution in [1.82, 2.24) is 0 Å². The van der Waals surface area contributed by atoms with Crippen molar-refractivity contribution in [3.63, 3.8) is 0 Å². The zero-order chi connectivity index (χ0) is 3.41. The molecule has 27 valence electrons. The standard InChI is InChI=1S/C4H10.Na/c1-3-4-2;/h3-4H2,1-2H3;. The van der Waals surface area contributed by atoms with Crippen LogP contribution in [0.4, 0.5) is 0 Å². The van der Waals surface area contributed by atoms with E-state index >= 15 is 0 Å². The molecule has 0 aliphatic carbocycles. The van der Waals surface area contributed by atoms with Crippen molar-refractivity contribution >= 4 is 29.6 Å². The fourth-order valence-corrected chi connectivity index (χ4v) is 0. The van der Waals surface area contributed by atoms with Crippen LogP contribution in [0.25, 0.3) is 0 Å². The number of unbranched alkanes of at least 4 members (excludes halogenated alkanes) is 1. The molecule has 0 fully saturated rings. The SMILES string of the molecule is CCCC.[Na]. The summed E-state index contributed by atoms with van der Waals surface area (Å²) >= 11 is 0. The van der Waals surface area contributed by atoms with E-state index in [-0.39, 0.29) is 29.6 Å². The summed E-state index contributed by atoms with van der Waals surface area (Å²) in [4.78, 5) is 0. The van der Waals surface area contributed by atoms with Gasteiger partial charge < -0.3 is 0 Å². The van der Waals surface area contributed by atoms with Crippen LogP contribution in [0.3, 0.4) is 0 Å². The van der Waals surface area contributed by atoms with E-state index in [0.29, 0.717) is 0 Å². The third-order valence-corrected chi connectivity index (χ3v) is 0.500. The second-order valence-electron chi connectivity index (χ2n) is 1.000. The average molecular weight is 81.1 g/mol. The van der Waals surface area contributed by atoms with E-state index in [2.05, 4.69) is 13.8 Å². The number of hydrogen-bond donors (Lipinski definition) is 0. The third-order valence-electron chi connectivity index (χ3n) is 0.500. The minimum Gasteiger partial charge on any atom is -0.0654 e. The van der Waals surface area contributed by atoms with E-state index in [1.165, 1.54) is 12.8 Å². The third kappa shape index (κ3) is 11.2. The maximum absolute atomic E-state index is 2.18. The minimum atomic E-state index is 0. The van der Waals surface area contributed by atoms with E-state index in [1.54, 1.807) is 0 Å². The zero-order valence-corrected chi connectivity index (χ0v) is 6.41. The molecule has 0 aliphatic heterocycles. The molecule has 5 heavy (non-hydrogen) atoms. The van der Waals surface area contributed by atoms with Gasteiger partial charge in [0, 0.05) is 29.6 Å². The molecule has 0 aliphatic rings. The van der Waals surface area contributed by atoms with Crippen LogP contribution in [-0.2, 0) is 0 Å². The van der Waals surface area contributed by atoms with Crippen molar-refractivity contribution in [2.24, 2.45) is 0 Å². The molecule has 0 saturated heterocycles. The van der Waals surface area contributed by atoms with Gasteiger partial charge in [0.1, 0.15) is 0 Å². The Labute approximate surface area is 56.2 Å².